The van der Waals surface area contributed by atoms with Crippen LogP contribution in [0.15, 0.2) is 18.2 Å². The highest BCUT2D eigenvalue weighted by Gasteiger charge is 2.36. The SMILES string of the molecule is Cc1nc(N[C@H]2C[C@@H](COc3ccc4c(c3)OCO4)C2)nc2c1NC(=O)[C@H](C(C)C)N2C. The fourth-order valence-corrected chi connectivity index (χ4v) is 4.63. The minimum Gasteiger partial charge on any atom is -0.493 e. The van der Waals surface area contributed by atoms with Crippen molar-refractivity contribution < 1.29 is 19.0 Å². The van der Waals surface area contributed by atoms with E-state index in [2.05, 4.69) is 15.6 Å². The van der Waals surface area contributed by atoms with Gasteiger partial charge in [-0.2, -0.15) is 4.98 Å². The van der Waals surface area contributed by atoms with Crippen molar-refractivity contribution in [3.05, 3.63) is 23.9 Å². The number of anilines is 3. The van der Waals surface area contributed by atoms with Crippen LogP contribution < -0.4 is 29.7 Å². The first-order valence-electron chi connectivity index (χ1n) is 11.1. The normalized spacial score (nSPS) is 23.5. The second-order valence-corrected chi connectivity index (χ2v) is 9.13. The highest BCUT2D eigenvalue weighted by molar-refractivity contribution is 6.03. The average molecular weight is 440 g/mol. The van der Waals surface area contributed by atoms with Gasteiger partial charge in [0.05, 0.1) is 12.3 Å². The molecule has 1 atom stereocenters. The number of carbonyl (C=O) groups excluding carboxylic acids is 1. The highest BCUT2D eigenvalue weighted by Crippen LogP contribution is 2.37. The van der Waals surface area contributed by atoms with Crippen LogP contribution in [0.25, 0.3) is 0 Å². The lowest BCUT2D eigenvalue weighted by atomic mass is 9.81. The second-order valence-electron chi connectivity index (χ2n) is 9.13. The number of amides is 1. The largest absolute Gasteiger partial charge is 0.493 e. The molecule has 0 radical (unpaired) electrons. The van der Waals surface area contributed by atoms with Gasteiger partial charge in [-0.3, -0.25) is 4.79 Å². The summed E-state index contributed by atoms with van der Waals surface area (Å²) in [4.78, 5) is 23.8. The smallest absolute Gasteiger partial charge is 0.247 e. The Balaban J connectivity index is 1.18. The molecule has 3 heterocycles. The van der Waals surface area contributed by atoms with Crippen LogP contribution in [0, 0.1) is 18.8 Å². The maximum absolute atomic E-state index is 12.5. The first-order valence-corrected chi connectivity index (χ1v) is 11.1. The number of nitrogens with one attached hydrogen (secondary N) is 2. The van der Waals surface area contributed by atoms with Crippen LogP contribution in [0.1, 0.15) is 32.4 Å². The summed E-state index contributed by atoms with van der Waals surface area (Å²) in [6, 6.07) is 5.72. The number of hydrogen-bond donors (Lipinski definition) is 2. The molecule has 2 aliphatic heterocycles. The van der Waals surface area contributed by atoms with Gasteiger partial charge >= 0.3 is 0 Å². The number of nitrogens with zero attached hydrogens (tertiary/aromatic N) is 3. The van der Waals surface area contributed by atoms with Crippen molar-refractivity contribution in [3.63, 3.8) is 0 Å². The summed E-state index contributed by atoms with van der Waals surface area (Å²) in [5.74, 6) is 4.30. The van der Waals surface area contributed by atoms with Crippen molar-refractivity contribution in [2.45, 2.75) is 45.7 Å². The molecule has 0 spiro atoms. The minimum absolute atomic E-state index is 0.00768. The predicted molar refractivity (Wildman–Crippen MR) is 121 cm³/mol. The first-order chi connectivity index (χ1) is 15.4. The molecule has 1 saturated carbocycles. The van der Waals surface area contributed by atoms with E-state index in [0.717, 1.165) is 41.6 Å². The van der Waals surface area contributed by atoms with Gasteiger partial charge in [-0.05, 0) is 43.7 Å². The van der Waals surface area contributed by atoms with Gasteiger partial charge in [-0.25, -0.2) is 4.98 Å². The van der Waals surface area contributed by atoms with E-state index in [9.17, 15) is 4.79 Å². The van der Waals surface area contributed by atoms with Crippen molar-refractivity contribution >= 4 is 23.4 Å². The highest BCUT2D eigenvalue weighted by atomic mass is 16.7. The molecule has 1 fully saturated rings. The van der Waals surface area contributed by atoms with Gasteiger partial charge in [-0.1, -0.05) is 13.8 Å². The maximum atomic E-state index is 12.5. The Labute approximate surface area is 187 Å². The molecule has 2 aromatic rings. The molecule has 1 amide bonds. The Morgan fingerprint density at radius 1 is 1.25 bits per heavy atom. The molecular formula is C23H29N5O4. The van der Waals surface area contributed by atoms with Crippen LogP contribution in [0.2, 0.25) is 0 Å². The van der Waals surface area contributed by atoms with E-state index < -0.39 is 0 Å². The summed E-state index contributed by atoms with van der Waals surface area (Å²) in [7, 11) is 1.92. The summed E-state index contributed by atoms with van der Waals surface area (Å²) >= 11 is 0. The molecule has 170 valence electrons. The van der Waals surface area contributed by atoms with Gasteiger partial charge < -0.3 is 29.7 Å². The minimum atomic E-state index is -0.244. The van der Waals surface area contributed by atoms with E-state index in [0.29, 0.717) is 30.2 Å². The molecule has 0 saturated heterocycles. The van der Waals surface area contributed by atoms with Crippen molar-refractivity contribution in [1.29, 1.82) is 0 Å². The molecule has 0 unspecified atom stereocenters. The number of aromatic nitrogens is 2. The number of carbonyl (C=O) groups is 1. The van der Waals surface area contributed by atoms with Crippen LogP contribution in [0.5, 0.6) is 17.2 Å². The molecule has 1 aromatic carbocycles. The molecule has 5 rings (SSSR count). The maximum Gasteiger partial charge on any atom is 0.247 e. The standard InChI is InChI=1S/C23H29N5O4/c1-12(2)20-22(29)26-19-13(3)24-23(27-21(19)28(20)4)25-15-7-14(8-15)10-30-16-5-6-17-18(9-16)32-11-31-17/h5-6,9,12,14-15,20H,7-8,10-11H2,1-4H3,(H,26,29)(H,24,25,27)/t14-,15+,20-/m0/s1. The zero-order valence-corrected chi connectivity index (χ0v) is 18.8. The number of likely N-dealkylation sites (N-methyl/N-ethyl adjacent to an activating group) is 1. The van der Waals surface area contributed by atoms with E-state index in [4.69, 9.17) is 19.2 Å². The van der Waals surface area contributed by atoms with E-state index in [-0.39, 0.29) is 24.7 Å². The fraction of sp³-hybridized carbons (Fsp3) is 0.522. The molecule has 2 N–H and O–H groups in total. The number of ether oxygens (including phenoxy) is 3. The quantitative estimate of drug-likeness (QED) is 0.708. The fourth-order valence-electron chi connectivity index (χ4n) is 4.63. The van der Waals surface area contributed by atoms with Gasteiger partial charge in [0.1, 0.15) is 17.5 Å². The zero-order valence-electron chi connectivity index (χ0n) is 18.8. The van der Waals surface area contributed by atoms with E-state index in [1.54, 1.807) is 0 Å². The lowest BCUT2D eigenvalue weighted by Crippen LogP contribution is -2.50. The molecule has 9 nitrogen and oxygen atoms in total. The van der Waals surface area contributed by atoms with Crippen LogP contribution in [0.3, 0.4) is 0 Å². The van der Waals surface area contributed by atoms with Crippen LogP contribution in [-0.2, 0) is 4.79 Å². The monoisotopic (exact) mass is 439 g/mol. The van der Waals surface area contributed by atoms with Gasteiger partial charge in [0.15, 0.2) is 17.3 Å². The number of benzene rings is 1. The Morgan fingerprint density at radius 2 is 2.03 bits per heavy atom. The number of hydrogen-bond acceptors (Lipinski definition) is 8. The van der Waals surface area contributed by atoms with Gasteiger partial charge in [0, 0.05) is 19.2 Å². The molecule has 0 bridgehead atoms. The van der Waals surface area contributed by atoms with Gasteiger partial charge in [0.2, 0.25) is 18.6 Å². The van der Waals surface area contributed by atoms with E-state index >= 15 is 0 Å². The Morgan fingerprint density at radius 3 is 2.81 bits per heavy atom. The topological polar surface area (TPSA) is 97.8 Å². The number of rotatable bonds is 6. The Kier molecular flexibility index (Phi) is 5.19. The second kappa shape index (κ2) is 8.03. The van der Waals surface area contributed by atoms with Crippen molar-refractivity contribution in [2.75, 3.05) is 36.0 Å². The average Bonchev–Trinajstić information content (AvgIpc) is 3.18. The lowest BCUT2D eigenvalue weighted by Gasteiger charge is -2.38. The molecule has 3 aliphatic rings. The Hall–Kier alpha value is -3.23. The molecule has 1 aromatic heterocycles. The van der Waals surface area contributed by atoms with Crippen LogP contribution >= 0.6 is 0 Å². The molecule has 1 aliphatic carbocycles. The molecule has 9 heteroatoms. The first kappa shape index (κ1) is 20.7. The van der Waals surface area contributed by atoms with Crippen LogP contribution in [0.4, 0.5) is 17.5 Å². The van der Waals surface area contributed by atoms with Crippen molar-refractivity contribution in [3.8, 4) is 17.2 Å². The summed E-state index contributed by atoms with van der Waals surface area (Å²) in [5.41, 5.74) is 1.46. The molecular weight excluding hydrogens is 410 g/mol. The summed E-state index contributed by atoms with van der Waals surface area (Å²) in [6.45, 7) is 6.91. The van der Waals surface area contributed by atoms with E-state index in [1.165, 1.54) is 0 Å². The summed E-state index contributed by atoms with van der Waals surface area (Å²) in [5, 5.41) is 6.44. The lowest BCUT2D eigenvalue weighted by molar-refractivity contribution is -0.118. The van der Waals surface area contributed by atoms with Crippen molar-refractivity contribution in [2.24, 2.45) is 11.8 Å². The zero-order chi connectivity index (χ0) is 22.4. The summed E-state index contributed by atoms with van der Waals surface area (Å²) in [6.07, 6.45) is 1.98. The Bertz CT molecular complexity index is 1040. The van der Waals surface area contributed by atoms with Gasteiger partial charge in [-0.15, -0.1) is 0 Å². The third-order valence-corrected chi connectivity index (χ3v) is 6.37. The molecule has 32 heavy (non-hydrogen) atoms. The summed E-state index contributed by atoms with van der Waals surface area (Å²) < 4.78 is 16.7. The van der Waals surface area contributed by atoms with Crippen LogP contribution in [-0.4, -0.2) is 48.4 Å². The number of aryl methyl sites for hydroxylation is 1. The number of fused-ring (bicyclic) bond motifs is 2. The van der Waals surface area contributed by atoms with Crippen molar-refractivity contribution in [1.82, 2.24) is 9.97 Å². The third-order valence-electron chi connectivity index (χ3n) is 6.37. The predicted octanol–water partition coefficient (Wildman–Crippen LogP) is 3.20. The third kappa shape index (κ3) is 3.76. The van der Waals surface area contributed by atoms with Gasteiger partial charge in [0.25, 0.3) is 0 Å². The van der Waals surface area contributed by atoms with E-state index in [1.807, 2.05) is 50.9 Å².